The molecule has 1 aromatic carbocycles. The molecule has 4 unspecified atom stereocenters. The Labute approximate surface area is 168 Å². The monoisotopic (exact) mass is 387 g/mol. The fraction of sp³-hybridized carbons (Fsp3) is 0.708. The molecule has 1 aliphatic heterocycles. The number of nitrogens with zero attached hydrogens (tertiary/aromatic N) is 1. The summed E-state index contributed by atoms with van der Waals surface area (Å²) in [6, 6.07) is 3.64. The number of likely N-dealkylation sites (tertiary alicyclic amines) is 1. The third-order valence-electron chi connectivity index (χ3n) is 7.24. The third kappa shape index (κ3) is 3.92. The molecule has 3 aliphatic rings. The van der Waals surface area contributed by atoms with Crippen LogP contribution in [0.25, 0.3) is 0 Å². The molecule has 0 spiro atoms. The van der Waals surface area contributed by atoms with Gasteiger partial charge >= 0.3 is 0 Å². The second kappa shape index (κ2) is 8.04. The van der Waals surface area contributed by atoms with Gasteiger partial charge in [0.2, 0.25) is 0 Å². The van der Waals surface area contributed by atoms with E-state index in [0.717, 1.165) is 37.2 Å². The Balaban J connectivity index is 1.52. The predicted molar refractivity (Wildman–Crippen MR) is 109 cm³/mol. The normalized spacial score (nSPS) is 30.1. The molecule has 154 valence electrons. The van der Waals surface area contributed by atoms with Crippen LogP contribution in [-0.2, 0) is 0 Å². The van der Waals surface area contributed by atoms with Crippen LogP contribution in [0.15, 0.2) is 12.1 Å². The smallest absolute Gasteiger partial charge is 0.257 e. The van der Waals surface area contributed by atoms with E-state index in [0.29, 0.717) is 24.2 Å². The van der Waals surface area contributed by atoms with Gasteiger partial charge in [-0.1, -0.05) is 19.8 Å². The van der Waals surface area contributed by atoms with Crippen molar-refractivity contribution in [3.05, 3.63) is 29.1 Å². The lowest BCUT2D eigenvalue weighted by Crippen LogP contribution is -2.39. The van der Waals surface area contributed by atoms with Crippen LogP contribution in [0.5, 0.6) is 5.75 Å². The fourth-order valence-electron chi connectivity index (χ4n) is 5.22. The lowest BCUT2D eigenvalue weighted by molar-refractivity contribution is 0.0688. The van der Waals surface area contributed by atoms with E-state index in [2.05, 4.69) is 20.8 Å². The van der Waals surface area contributed by atoms with Crippen LogP contribution >= 0.6 is 0 Å². The first-order valence-corrected chi connectivity index (χ1v) is 11.3. The lowest BCUT2D eigenvalue weighted by atomic mass is 10.0. The maximum atomic E-state index is 15.0. The molecular formula is C24H34FNO2. The number of carbonyl (C=O) groups excluding carboxylic acids is 1. The number of carbonyl (C=O) groups is 1. The third-order valence-corrected chi connectivity index (χ3v) is 7.24. The molecule has 0 aromatic heterocycles. The minimum atomic E-state index is -0.437. The van der Waals surface area contributed by atoms with Crippen molar-refractivity contribution in [1.29, 1.82) is 0 Å². The van der Waals surface area contributed by atoms with Crippen molar-refractivity contribution in [3.8, 4) is 5.75 Å². The predicted octanol–water partition coefficient (Wildman–Crippen LogP) is 5.92. The molecule has 3 nitrogen and oxygen atoms in total. The van der Waals surface area contributed by atoms with Crippen LogP contribution < -0.4 is 4.74 Å². The van der Waals surface area contributed by atoms with Crippen molar-refractivity contribution >= 4 is 5.91 Å². The Bertz CT molecular complexity index is 720. The highest BCUT2D eigenvalue weighted by atomic mass is 19.1. The number of benzene rings is 1. The summed E-state index contributed by atoms with van der Waals surface area (Å²) in [6.07, 6.45) is 9.15. The summed E-state index contributed by atoms with van der Waals surface area (Å²) in [5.74, 6) is 1.88. The highest BCUT2D eigenvalue weighted by molar-refractivity contribution is 5.95. The Hall–Kier alpha value is -1.58. The summed E-state index contributed by atoms with van der Waals surface area (Å²) < 4.78 is 21.1. The summed E-state index contributed by atoms with van der Waals surface area (Å²) in [4.78, 5) is 14.9. The SMILES string of the molecule is CCC1CCC(COc2cc(F)c(C(=O)N3C(C)CCC3C)cc2C2CC2)C1. The van der Waals surface area contributed by atoms with E-state index in [1.54, 1.807) is 6.07 Å². The van der Waals surface area contributed by atoms with Crippen LogP contribution in [0, 0.1) is 17.7 Å². The molecule has 0 N–H and O–H groups in total. The van der Waals surface area contributed by atoms with Gasteiger partial charge in [-0.15, -0.1) is 0 Å². The van der Waals surface area contributed by atoms with E-state index < -0.39 is 5.82 Å². The number of amides is 1. The number of hydrogen-bond acceptors (Lipinski definition) is 2. The zero-order valence-electron chi connectivity index (χ0n) is 17.5. The number of rotatable bonds is 6. The van der Waals surface area contributed by atoms with Gasteiger partial charge in [0.15, 0.2) is 0 Å². The molecule has 1 saturated heterocycles. The summed E-state index contributed by atoms with van der Waals surface area (Å²) in [6.45, 7) is 7.04. The molecule has 2 saturated carbocycles. The molecule has 1 aromatic rings. The first-order valence-electron chi connectivity index (χ1n) is 11.3. The van der Waals surface area contributed by atoms with Gasteiger partial charge in [-0.05, 0) is 81.8 Å². The van der Waals surface area contributed by atoms with Gasteiger partial charge in [-0.3, -0.25) is 4.79 Å². The van der Waals surface area contributed by atoms with Crippen molar-refractivity contribution in [3.63, 3.8) is 0 Å². The van der Waals surface area contributed by atoms with Gasteiger partial charge in [-0.2, -0.15) is 0 Å². The van der Waals surface area contributed by atoms with E-state index in [1.807, 2.05) is 4.90 Å². The Morgan fingerprint density at radius 1 is 1.07 bits per heavy atom. The van der Waals surface area contributed by atoms with Crippen LogP contribution in [0.3, 0.4) is 0 Å². The summed E-state index contributed by atoms with van der Waals surface area (Å²) in [7, 11) is 0. The van der Waals surface area contributed by atoms with Gasteiger partial charge < -0.3 is 9.64 Å². The molecule has 1 amide bonds. The second-order valence-corrected chi connectivity index (χ2v) is 9.40. The molecule has 4 heteroatoms. The average molecular weight is 388 g/mol. The number of ether oxygens (including phenoxy) is 1. The van der Waals surface area contributed by atoms with Crippen LogP contribution in [0.2, 0.25) is 0 Å². The van der Waals surface area contributed by atoms with Crippen LogP contribution in [0.1, 0.15) is 94.0 Å². The molecule has 4 atom stereocenters. The highest BCUT2D eigenvalue weighted by Gasteiger charge is 2.35. The van der Waals surface area contributed by atoms with Gasteiger partial charge in [0.05, 0.1) is 12.2 Å². The minimum absolute atomic E-state index is 0.162. The molecule has 3 fully saturated rings. The van der Waals surface area contributed by atoms with Crippen molar-refractivity contribution in [2.75, 3.05) is 6.61 Å². The first kappa shape index (κ1) is 19.7. The molecule has 4 rings (SSSR count). The second-order valence-electron chi connectivity index (χ2n) is 9.40. The summed E-state index contributed by atoms with van der Waals surface area (Å²) in [5, 5.41) is 0. The highest BCUT2D eigenvalue weighted by Crippen LogP contribution is 2.46. The summed E-state index contributed by atoms with van der Waals surface area (Å²) in [5.41, 5.74) is 1.26. The topological polar surface area (TPSA) is 29.5 Å². The molecular weight excluding hydrogens is 353 g/mol. The zero-order chi connectivity index (χ0) is 19.8. The van der Waals surface area contributed by atoms with Gasteiger partial charge in [0.1, 0.15) is 11.6 Å². The standard InChI is InChI=1S/C24H34FNO2/c1-4-17-7-8-18(11-17)14-28-23-13-22(25)21(12-20(23)19-9-10-19)24(27)26-15(2)5-6-16(26)3/h12-13,15-19H,4-11,14H2,1-3H3. The van der Waals surface area contributed by atoms with E-state index in [4.69, 9.17) is 4.74 Å². The summed E-state index contributed by atoms with van der Waals surface area (Å²) >= 11 is 0. The van der Waals surface area contributed by atoms with Gasteiger partial charge in [0, 0.05) is 18.2 Å². The Morgan fingerprint density at radius 3 is 2.36 bits per heavy atom. The Kier molecular flexibility index (Phi) is 5.66. The maximum Gasteiger partial charge on any atom is 0.257 e. The molecule has 1 heterocycles. The molecule has 28 heavy (non-hydrogen) atoms. The largest absolute Gasteiger partial charge is 0.493 e. The van der Waals surface area contributed by atoms with Crippen LogP contribution in [-0.4, -0.2) is 29.5 Å². The van der Waals surface area contributed by atoms with E-state index >= 15 is 0 Å². The maximum absolute atomic E-state index is 15.0. The van der Waals surface area contributed by atoms with E-state index in [-0.39, 0.29) is 23.6 Å². The number of halogens is 1. The number of hydrogen-bond donors (Lipinski definition) is 0. The Morgan fingerprint density at radius 2 is 1.75 bits per heavy atom. The van der Waals surface area contributed by atoms with Crippen molar-refractivity contribution in [2.24, 2.45) is 11.8 Å². The van der Waals surface area contributed by atoms with E-state index in [9.17, 15) is 9.18 Å². The van der Waals surface area contributed by atoms with Crippen LogP contribution in [0.4, 0.5) is 4.39 Å². The van der Waals surface area contributed by atoms with Crippen molar-refractivity contribution in [1.82, 2.24) is 4.90 Å². The van der Waals surface area contributed by atoms with Crippen molar-refractivity contribution < 1.29 is 13.9 Å². The quantitative estimate of drug-likeness (QED) is 0.606. The fourth-order valence-corrected chi connectivity index (χ4v) is 5.22. The van der Waals surface area contributed by atoms with Crippen molar-refractivity contribution in [2.45, 2.75) is 90.1 Å². The minimum Gasteiger partial charge on any atom is -0.493 e. The lowest BCUT2D eigenvalue weighted by Gasteiger charge is -2.27. The first-order chi connectivity index (χ1) is 13.5. The average Bonchev–Trinajstić information content (AvgIpc) is 3.32. The molecule has 0 bridgehead atoms. The molecule has 2 aliphatic carbocycles. The zero-order valence-corrected chi connectivity index (χ0v) is 17.5. The molecule has 0 radical (unpaired) electrons. The van der Waals surface area contributed by atoms with Gasteiger partial charge in [0.25, 0.3) is 5.91 Å². The van der Waals surface area contributed by atoms with Gasteiger partial charge in [-0.25, -0.2) is 4.39 Å². The van der Waals surface area contributed by atoms with E-state index in [1.165, 1.54) is 31.7 Å².